The van der Waals surface area contributed by atoms with Gasteiger partial charge in [0.15, 0.2) is 0 Å². The van der Waals surface area contributed by atoms with E-state index in [1.165, 1.54) is 12.1 Å². The molecule has 6 heteroatoms. The van der Waals surface area contributed by atoms with Crippen LogP contribution in [0.3, 0.4) is 0 Å². The van der Waals surface area contributed by atoms with Crippen LogP contribution in [0.2, 0.25) is 0 Å². The van der Waals surface area contributed by atoms with Gasteiger partial charge in [0.25, 0.3) is 0 Å². The minimum Gasteiger partial charge on any atom is -0.480 e. The SMILES string of the molecule is O=C(NC(CCc1cccc(F)c1)C(=O)O)OCC1c2ccccc2-c2ccccc21. The summed E-state index contributed by atoms with van der Waals surface area (Å²) in [6.07, 6.45) is -0.338. The zero-order valence-electron chi connectivity index (χ0n) is 16.8. The van der Waals surface area contributed by atoms with Crippen LogP contribution in [-0.4, -0.2) is 29.8 Å². The molecule has 2 N–H and O–H groups in total. The maximum Gasteiger partial charge on any atom is 0.407 e. The number of aliphatic carboxylic acids is 1. The van der Waals surface area contributed by atoms with Crippen molar-refractivity contribution < 1.29 is 23.8 Å². The molecule has 158 valence electrons. The molecule has 0 saturated carbocycles. The summed E-state index contributed by atoms with van der Waals surface area (Å²) in [5.41, 5.74) is 5.06. The molecule has 3 aromatic carbocycles. The number of carbonyl (C=O) groups is 2. The number of hydrogen-bond donors (Lipinski definition) is 2. The highest BCUT2D eigenvalue weighted by molar-refractivity contribution is 5.81. The molecule has 0 fully saturated rings. The van der Waals surface area contributed by atoms with Gasteiger partial charge in [0, 0.05) is 5.92 Å². The van der Waals surface area contributed by atoms with Gasteiger partial charge >= 0.3 is 12.1 Å². The third-order valence-corrected chi connectivity index (χ3v) is 5.54. The molecule has 0 saturated heterocycles. The second kappa shape index (κ2) is 9.00. The minimum atomic E-state index is -1.16. The summed E-state index contributed by atoms with van der Waals surface area (Å²) in [5.74, 6) is -1.65. The number of aryl methyl sites for hydroxylation is 1. The number of fused-ring (bicyclic) bond motifs is 3. The third-order valence-electron chi connectivity index (χ3n) is 5.54. The van der Waals surface area contributed by atoms with Crippen molar-refractivity contribution in [3.8, 4) is 11.1 Å². The van der Waals surface area contributed by atoms with Gasteiger partial charge in [-0.25, -0.2) is 14.0 Å². The number of nitrogens with one attached hydrogen (secondary N) is 1. The van der Waals surface area contributed by atoms with Crippen LogP contribution >= 0.6 is 0 Å². The number of amides is 1. The number of carbonyl (C=O) groups excluding carboxylic acids is 1. The first-order valence-electron chi connectivity index (χ1n) is 10.1. The standard InChI is InChI=1S/C25H22FNO4/c26-17-7-5-6-16(14-17)12-13-23(24(28)29)27-25(30)31-15-22-20-10-3-1-8-18(20)19-9-2-4-11-21(19)22/h1-11,14,22-23H,12-13,15H2,(H,27,30)(H,28,29). The lowest BCUT2D eigenvalue weighted by atomic mass is 9.98. The summed E-state index contributed by atoms with van der Waals surface area (Å²) in [6.45, 7) is 0.107. The van der Waals surface area contributed by atoms with Gasteiger partial charge in [0.05, 0.1) is 0 Å². The summed E-state index contributed by atoms with van der Waals surface area (Å²) in [6, 6.07) is 20.8. The number of carboxylic acid groups (broad SMARTS) is 1. The van der Waals surface area contributed by atoms with Crippen LogP contribution in [0.15, 0.2) is 72.8 Å². The van der Waals surface area contributed by atoms with Crippen LogP contribution in [0, 0.1) is 5.82 Å². The number of ether oxygens (including phenoxy) is 1. The highest BCUT2D eigenvalue weighted by atomic mass is 19.1. The van der Waals surface area contributed by atoms with E-state index in [-0.39, 0.29) is 24.8 Å². The molecule has 0 aromatic heterocycles. The molecule has 4 rings (SSSR count). The predicted molar refractivity (Wildman–Crippen MR) is 114 cm³/mol. The zero-order valence-corrected chi connectivity index (χ0v) is 16.8. The van der Waals surface area contributed by atoms with Crippen molar-refractivity contribution in [1.29, 1.82) is 0 Å². The van der Waals surface area contributed by atoms with Gasteiger partial charge in [-0.3, -0.25) is 0 Å². The number of halogens is 1. The lowest BCUT2D eigenvalue weighted by Gasteiger charge is -2.17. The van der Waals surface area contributed by atoms with E-state index in [1.807, 2.05) is 48.5 Å². The molecule has 0 radical (unpaired) electrons. The lowest BCUT2D eigenvalue weighted by molar-refractivity contribution is -0.139. The van der Waals surface area contributed by atoms with Crippen LogP contribution in [0.5, 0.6) is 0 Å². The van der Waals surface area contributed by atoms with Crippen molar-refractivity contribution in [1.82, 2.24) is 5.32 Å². The predicted octanol–water partition coefficient (Wildman–Crippen LogP) is 4.75. The van der Waals surface area contributed by atoms with E-state index in [1.54, 1.807) is 12.1 Å². The average molecular weight is 419 g/mol. The summed E-state index contributed by atoms with van der Waals surface area (Å²) >= 11 is 0. The average Bonchev–Trinajstić information content (AvgIpc) is 3.09. The number of hydrogen-bond acceptors (Lipinski definition) is 3. The molecule has 0 aliphatic heterocycles. The Kier molecular flexibility index (Phi) is 5.98. The molecule has 0 bridgehead atoms. The van der Waals surface area contributed by atoms with E-state index in [0.717, 1.165) is 22.3 Å². The van der Waals surface area contributed by atoms with E-state index in [9.17, 15) is 19.1 Å². The summed E-state index contributed by atoms with van der Waals surface area (Å²) in [5, 5.41) is 11.9. The van der Waals surface area contributed by atoms with Gasteiger partial charge in [0.2, 0.25) is 0 Å². The van der Waals surface area contributed by atoms with E-state index in [2.05, 4.69) is 5.32 Å². The summed E-state index contributed by atoms with van der Waals surface area (Å²) in [4.78, 5) is 23.9. The van der Waals surface area contributed by atoms with E-state index in [4.69, 9.17) is 4.74 Å². The Balaban J connectivity index is 1.38. The largest absolute Gasteiger partial charge is 0.480 e. The number of carboxylic acids is 1. The molecular weight excluding hydrogens is 397 g/mol. The zero-order chi connectivity index (χ0) is 21.8. The van der Waals surface area contributed by atoms with Crippen LogP contribution in [0.25, 0.3) is 11.1 Å². The quantitative estimate of drug-likeness (QED) is 0.580. The maximum absolute atomic E-state index is 13.3. The Morgan fingerprint density at radius 3 is 2.23 bits per heavy atom. The fourth-order valence-electron chi connectivity index (χ4n) is 4.04. The van der Waals surface area contributed by atoms with Gasteiger partial charge in [-0.05, 0) is 52.8 Å². The van der Waals surface area contributed by atoms with Gasteiger partial charge in [0.1, 0.15) is 18.5 Å². The van der Waals surface area contributed by atoms with Crippen molar-refractivity contribution >= 4 is 12.1 Å². The third kappa shape index (κ3) is 4.58. The van der Waals surface area contributed by atoms with Crippen molar-refractivity contribution in [3.05, 3.63) is 95.3 Å². The van der Waals surface area contributed by atoms with E-state index in [0.29, 0.717) is 12.0 Å². The monoisotopic (exact) mass is 419 g/mol. The number of rotatable bonds is 7. The number of benzene rings is 3. The van der Waals surface area contributed by atoms with Crippen LogP contribution in [-0.2, 0) is 16.0 Å². The molecule has 1 aliphatic carbocycles. The van der Waals surface area contributed by atoms with E-state index >= 15 is 0 Å². The topological polar surface area (TPSA) is 75.6 Å². The summed E-state index contributed by atoms with van der Waals surface area (Å²) in [7, 11) is 0. The smallest absolute Gasteiger partial charge is 0.407 e. The second-order valence-corrected chi connectivity index (χ2v) is 7.53. The van der Waals surface area contributed by atoms with Crippen LogP contribution < -0.4 is 5.32 Å². The highest BCUT2D eigenvalue weighted by Gasteiger charge is 2.29. The maximum atomic E-state index is 13.3. The fourth-order valence-corrected chi connectivity index (χ4v) is 4.04. The Hall–Kier alpha value is -3.67. The molecule has 1 aliphatic rings. The van der Waals surface area contributed by atoms with Crippen molar-refractivity contribution in [2.75, 3.05) is 6.61 Å². The Labute approximate surface area is 179 Å². The Morgan fingerprint density at radius 2 is 1.61 bits per heavy atom. The first-order valence-corrected chi connectivity index (χ1v) is 10.1. The fraction of sp³-hybridized carbons (Fsp3) is 0.200. The first-order chi connectivity index (χ1) is 15.0. The molecule has 31 heavy (non-hydrogen) atoms. The van der Waals surface area contributed by atoms with Gasteiger partial charge in [-0.15, -0.1) is 0 Å². The summed E-state index contributed by atoms with van der Waals surface area (Å²) < 4.78 is 18.7. The molecule has 3 aromatic rings. The van der Waals surface area contributed by atoms with Gasteiger partial charge in [-0.1, -0.05) is 60.7 Å². The molecule has 0 spiro atoms. The van der Waals surface area contributed by atoms with E-state index < -0.39 is 18.1 Å². The molecular formula is C25H22FNO4. The van der Waals surface area contributed by atoms with Crippen molar-refractivity contribution in [2.45, 2.75) is 24.8 Å². The molecule has 0 heterocycles. The van der Waals surface area contributed by atoms with Gasteiger partial charge < -0.3 is 15.2 Å². The Bertz CT molecular complexity index is 1070. The normalized spacial score (nSPS) is 13.2. The van der Waals surface area contributed by atoms with Crippen LogP contribution in [0.4, 0.5) is 9.18 Å². The molecule has 1 atom stereocenters. The second-order valence-electron chi connectivity index (χ2n) is 7.53. The minimum absolute atomic E-state index is 0.103. The lowest BCUT2D eigenvalue weighted by Crippen LogP contribution is -2.41. The number of alkyl carbamates (subject to hydrolysis) is 1. The van der Waals surface area contributed by atoms with Crippen molar-refractivity contribution in [3.63, 3.8) is 0 Å². The molecule has 5 nitrogen and oxygen atoms in total. The Morgan fingerprint density at radius 1 is 0.968 bits per heavy atom. The highest BCUT2D eigenvalue weighted by Crippen LogP contribution is 2.44. The van der Waals surface area contributed by atoms with Crippen molar-refractivity contribution in [2.24, 2.45) is 0 Å². The molecule has 1 amide bonds. The van der Waals surface area contributed by atoms with Crippen LogP contribution in [0.1, 0.15) is 29.0 Å². The first kappa shape index (κ1) is 20.6. The molecule has 1 unspecified atom stereocenters. The van der Waals surface area contributed by atoms with Gasteiger partial charge in [-0.2, -0.15) is 0 Å².